The average molecular weight is 413 g/mol. The molecule has 1 unspecified atom stereocenters. The zero-order chi connectivity index (χ0) is 22.5. The summed E-state index contributed by atoms with van der Waals surface area (Å²) in [6, 6.07) is 5.81. The number of hydrogen-bond acceptors (Lipinski definition) is 6. The molecule has 1 aromatic carbocycles. The van der Waals surface area contributed by atoms with Crippen molar-refractivity contribution in [2.24, 2.45) is 0 Å². The number of carbonyl (C=O) groups excluding carboxylic acids is 1. The van der Waals surface area contributed by atoms with Gasteiger partial charge >= 0.3 is 7.12 Å². The summed E-state index contributed by atoms with van der Waals surface area (Å²) in [7, 11) is -0.414. The number of rotatable bonds is 4. The molecule has 3 rings (SSSR count). The van der Waals surface area contributed by atoms with Crippen molar-refractivity contribution in [1.82, 2.24) is 15.5 Å². The average Bonchev–Trinajstić information content (AvgIpc) is 3.18. The first-order chi connectivity index (χ1) is 13.7. The van der Waals surface area contributed by atoms with Crippen LogP contribution in [0.15, 0.2) is 22.7 Å². The summed E-state index contributed by atoms with van der Waals surface area (Å²) >= 11 is 0. The van der Waals surface area contributed by atoms with Crippen molar-refractivity contribution >= 4 is 18.5 Å². The van der Waals surface area contributed by atoms with E-state index in [0.717, 1.165) is 16.6 Å². The monoisotopic (exact) mass is 413 g/mol. The van der Waals surface area contributed by atoms with E-state index >= 15 is 0 Å². The molecule has 1 atom stereocenters. The highest BCUT2D eigenvalue weighted by Crippen LogP contribution is 2.36. The van der Waals surface area contributed by atoms with Gasteiger partial charge in [-0.15, -0.1) is 0 Å². The fraction of sp³-hybridized carbons (Fsp3) is 0.591. The van der Waals surface area contributed by atoms with Crippen LogP contribution < -0.4 is 10.8 Å². The smallest absolute Gasteiger partial charge is 0.399 e. The molecular formula is C22H32BN3O4. The standard InChI is InChI=1S/C22H32BN3O4/c1-13-12-15(23-29-21(6,7)22(8,9)30-23)10-11-16(13)14(2)24-18(27)17-25-19(28-26-17)20(3,4)5/h10-12,14H,1-9H3,(H,24,27). The molecule has 0 saturated carbocycles. The summed E-state index contributed by atoms with van der Waals surface area (Å²) in [4.78, 5) is 16.8. The zero-order valence-corrected chi connectivity index (χ0v) is 19.4. The Kier molecular flexibility index (Phi) is 5.62. The summed E-state index contributed by atoms with van der Waals surface area (Å²) in [6.07, 6.45) is 0. The maximum atomic E-state index is 12.6. The van der Waals surface area contributed by atoms with Crippen molar-refractivity contribution in [2.45, 2.75) is 85.0 Å². The topological polar surface area (TPSA) is 86.5 Å². The number of aromatic nitrogens is 2. The minimum absolute atomic E-state index is 0.0401. The molecule has 0 spiro atoms. The number of carbonyl (C=O) groups is 1. The van der Waals surface area contributed by atoms with Gasteiger partial charge < -0.3 is 19.1 Å². The lowest BCUT2D eigenvalue weighted by molar-refractivity contribution is 0.00578. The predicted octanol–water partition coefficient (Wildman–Crippen LogP) is 3.47. The van der Waals surface area contributed by atoms with Crippen LogP contribution in [0.4, 0.5) is 0 Å². The molecule has 1 amide bonds. The van der Waals surface area contributed by atoms with E-state index in [2.05, 4.69) is 15.5 Å². The summed E-state index contributed by atoms with van der Waals surface area (Å²) in [6.45, 7) is 18.0. The second-order valence-electron chi connectivity index (χ2n) is 10.1. The quantitative estimate of drug-likeness (QED) is 0.773. The minimum atomic E-state index is -0.414. The molecule has 1 aliphatic heterocycles. The first-order valence-corrected chi connectivity index (χ1v) is 10.3. The second kappa shape index (κ2) is 7.50. The molecule has 7 nitrogen and oxygen atoms in total. The molecule has 1 aromatic heterocycles. The molecule has 1 N–H and O–H groups in total. The van der Waals surface area contributed by atoms with Gasteiger partial charge in [0.25, 0.3) is 11.7 Å². The van der Waals surface area contributed by atoms with E-state index in [-0.39, 0.29) is 34.4 Å². The van der Waals surface area contributed by atoms with E-state index in [1.807, 2.05) is 80.5 Å². The lowest BCUT2D eigenvalue weighted by atomic mass is 9.77. The van der Waals surface area contributed by atoms with Gasteiger partial charge in [0, 0.05) is 5.41 Å². The molecule has 1 aliphatic rings. The van der Waals surface area contributed by atoms with Crippen molar-refractivity contribution in [3.63, 3.8) is 0 Å². The van der Waals surface area contributed by atoms with Crippen molar-refractivity contribution in [1.29, 1.82) is 0 Å². The number of nitrogens with zero attached hydrogens (tertiary/aromatic N) is 2. The second-order valence-corrected chi connectivity index (χ2v) is 10.1. The maximum Gasteiger partial charge on any atom is 0.494 e. The largest absolute Gasteiger partial charge is 0.494 e. The number of benzene rings is 1. The lowest BCUT2D eigenvalue weighted by Gasteiger charge is -2.32. The van der Waals surface area contributed by atoms with Gasteiger partial charge in [-0.3, -0.25) is 4.79 Å². The van der Waals surface area contributed by atoms with E-state index in [9.17, 15) is 4.79 Å². The molecule has 30 heavy (non-hydrogen) atoms. The van der Waals surface area contributed by atoms with Crippen LogP contribution in [0.5, 0.6) is 0 Å². The van der Waals surface area contributed by atoms with Gasteiger partial charge in [-0.1, -0.05) is 44.1 Å². The number of aryl methyl sites for hydroxylation is 1. The van der Waals surface area contributed by atoms with Crippen molar-refractivity contribution in [3.05, 3.63) is 41.0 Å². The third-order valence-corrected chi connectivity index (χ3v) is 5.90. The maximum absolute atomic E-state index is 12.6. The highest BCUT2D eigenvalue weighted by atomic mass is 16.7. The van der Waals surface area contributed by atoms with E-state index in [1.165, 1.54) is 0 Å². The van der Waals surface area contributed by atoms with Crippen LogP contribution >= 0.6 is 0 Å². The third-order valence-electron chi connectivity index (χ3n) is 5.90. The highest BCUT2D eigenvalue weighted by Gasteiger charge is 2.51. The Balaban J connectivity index is 1.72. The van der Waals surface area contributed by atoms with Crippen LogP contribution in [-0.4, -0.2) is 34.4 Å². The molecule has 8 heteroatoms. The van der Waals surface area contributed by atoms with Gasteiger partial charge in [0.1, 0.15) is 0 Å². The molecule has 0 radical (unpaired) electrons. The number of nitrogens with one attached hydrogen (secondary N) is 1. The van der Waals surface area contributed by atoms with E-state index in [1.54, 1.807) is 0 Å². The van der Waals surface area contributed by atoms with Crippen LogP contribution in [0.1, 0.15) is 89.1 Å². The Morgan fingerprint density at radius 2 is 1.73 bits per heavy atom. The molecule has 0 aliphatic carbocycles. The van der Waals surface area contributed by atoms with E-state index in [4.69, 9.17) is 13.8 Å². The van der Waals surface area contributed by atoms with Gasteiger partial charge in [0.2, 0.25) is 5.89 Å². The normalized spacial score (nSPS) is 19.0. The summed E-state index contributed by atoms with van der Waals surface area (Å²) in [5, 5.41) is 6.76. The SMILES string of the molecule is Cc1cc(B2OC(C)(C)C(C)(C)O2)ccc1C(C)NC(=O)c1noc(C(C)(C)C)n1. The number of amides is 1. The van der Waals surface area contributed by atoms with Crippen LogP contribution in [-0.2, 0) is 14.7 Å². The Bertz CT molecular complexity index is 930. The molecule has 2 heterocycles. The van der Waals surface area contributed by atoms with Crippen LogP contribution in [0, 0.1) is 6.92 Å². The zero-order valence-electron chi connectivity index (χ0n) is 19.4. The van der Waals surface area contributed by atoms with Crippen molar-refractivity contribution in [3.8, 4) is 0 Å². The van der Waals surface area contributed by atoms with Gasteiger partial charge in [-0.2, -0.15) is 4.98 Å². The Hall–Kier alpha value is -2.19. The molecular weight excluding hydrogens is 381 g/mol. The fourth-order valence-corrected chi connectivity index (χ4v) is 3.27. The van der Waals surface area contributed by atoms with Crippen LogP contribution in [0.2, 0.25) is 0 Å². The van der Waals surface area contributed by atoms with Gasteiger partial charge in [0.15, 0.2) is 0 Å². The molecule has 2 aromatic rings. The minimum Gasteiger partial charge on any atom is -0.399 e. The van der Waals surface area contributed by atoms with Gasteiger partial charge in [-0.05, 0) is 58.1 Å². The Labute approximate surface area is 179 Å². The van der Waals surface area contributed by atoms with Crippen molar-refractivity contribution < 1.29 is 18.6 Å². The lowest BCUT2D eigenvalue weighted by Crippen LogP contribution is -2.41. The van der Waals surface area contributed by atoms with E-state index < -0.39 is 7.12 Å². The predicted molar refractivity (Wildman–Crippen MR) is 116 cm³/mol. The summed E-state index contributed by atoms with van der Waals surface area (Å²) < 4.78 is 17.5. The van der Waals surface area contributed by atoms with Crippen LogP contribution in [0.25, 0.3) is 0 Å². The molecule has 1 fully saturated rings. The summed E-state index contributed by atoms with van der Waals surface area (Å²) in [5.41, 5.74) is 1.92. The summed E-state index contributed by atoms with van der Waals surface area (Å²) in [5.74, 6) is 0.109. The van der Waals surface area contributed by atoms with Gasteiger partial charge in [0.05, 0.1) is 17.2 Å². The Morgan fingerprint density at radius 3 is 2.23 bits per heavy atom. The first kappa shape index (κ1) is 22.5. The van der Waals surface area contributed by atoms with Gasteiger partial charge in [-0.25, -0.2) is 0 Å². The first-order valence-electron chi connectivity index (χ1n) is 10.3. The van der Waals surface area contributed by atoms with E-state index in [0.29, 0.717) is 5.89 Å². The highest BCUT2D eigenvalue weighted by molar-refractivity contribution is 6.62. The Morgan fingerprint density at radius 1 is 1.13 bits per heavy atom. The van der Waals surface area contributed by atoms with Crippen LogP contribution in [0.3, 0.4) is 0 Å². The number of hydrogen-bond donors (Lipinski definition) is 1. The third kappa shape index (κ3) is 4.30. The molecule has 0 bridgehead atoms. The molecule has 162 valence electrons. The fourth-order valence-electron chi connectivity index (χ4n) is 3.27. The molecule has 1 saturated heterocycles. The van der Waals surface area contributed by atoms with Crippen molar-refractivity contribution in [2.75, 3.05) is 0 Å².